The summed E-state index contributed by atoms with van der Waals surface area (Å²) in [5, 5.41) is 14.8. The highest BCUT2D eigenvalue weighted by molar-refractivity contribution is 7.89. The Morgan fingerprint density at radius 1 is 1.18 bits per heavy atom. The molecular formula is C18H18N4O5S. The van der Waals surface area contributed by atoms with E-state index in [4.69, 9.17) is 4.52 Å². The van der Waals surface area contributed by atoms with Gasteiger partial charge in [-0.05, 0) is 19.1 Å². The Labute approximate surface area is 161 Å². The van der Waals surface area contributed by atoms with Gasteiger partial charge in [-0.3, -0.25) is 10.1 Å². The normalized spacial score (nSPS) is 11.7. The predicted molar refractivity (Wildman–Crippen MR) is 101 cm³/mol. The molecule has 0 unspecified atom stereocenters. The van der Waals surface area contributed by atoms with Crippen molar-refractivity contribution in [2.45, 2.75) is 25.3 Å². The third-order valence-corrected chi connectivity index (χ3v) is 5.99. The summed E-state index contributed by atoms with van der Waals surface area (Å²) >= 11 is 0. The number of nitro groups is 1. The minimum Gasteiger partial charge on any atom is -0.338 e. The Hall–Kier alpha value is -3.11. The second kappa shape index (κ2) is 7.87. The zero-order chi connectivity index (χ0) is 20.3. The molecule has 3 aromatic rings. The first kappa shape index (κ1) is 19.6. The van der Waals surface area contributed by atoms with Crippen LogP contribution in [0.25, 0.3) is 11.4 Å². The minimum absolute atomic E-state index is 0.132. The number of non-ortho nitro benzene ring substituents is 1. The van der Waals surface area contributed by atoms with Crippen molar-refractivity contribution in [3.05, 3.63) is 70.1 Å². The monoisotopic (exact) mass is 402 g/mol. The van der Waals surface area contributed by atoms with Crippen molar-refractivity contribution in [2.75, 3.05) is 6.54 Å². The van der Waals surface area contributed by atoms with Gasteiger partial charge in [-0.2, -0.15) is 9.29 Å². The van der Waals surface area contributed by atoms with Crippen LogP contribution in [0.15, 0.2) is 57.9 Å². The number of nitro benzene ring substituents is 1. The van der Waals surface area contributed by atoms with E-state index < -0.39 is 14.9 Å². The smallest absolute Gasteiger partial charge is 0.270 e. The lowest BCUT2D eigenvalue weighted by Gasteiger charge is -2.18. The van der Waals surface area contributed by atoms with Crippen LogP contribution < -0.4 is 0 Å². The van der Waals surface area contributed by atoms with Crippen LogP contribution in [-0.4, -0.2) is 34.3 Å². The van der Waals surface area contributed by atoms with Gasteiger partial charge in [-0.15, -0.1) is 0 Å². The number of rotatable bonds is 7. The van der Waals surface area contributed by atoms with E-state index >= 15 is 0 Å². The summed E-state index contributed by atoms with van der Waals surface area (Å²) in [6.07, 6.45) is 0. The molecule has 0 N–H and O–H groups in total. The SMILES string of the molecule is CCN(Cc1nc(-c2cccc(C)c2)no1)S(=O)(=O)c1cccc([N+](=O)[O-])c1. The van der Waals surface area contributed by atoms with Crippen LogP contribution in [0.4, 0.5) is 5.69 Å². The molecule has 10 heteroatoms. The molecular weight excluding hydrogens is 384 g/mol. The lowest BCUT2D eigenvalue weighted by molar-refractivity contribution is -0.385. The topological polar surface area (TPSA) is 119 Å². The summed E-state index contributed by atoms with van der Waals surface area (Å²) in [5.74, 6) is 0.495. The van der Waals surface area contributed by atoms with Gasteiger partial charge in [-0.1, -0.05) is 41.9 Å². The van der Waals surface area contributed by atoms with Crippen molar-refractivity contribution in [3.63, 3.8) is 0 Å². The van der Waals surface area contributed by atoms with E-state index in [1.807, 2.05) is 31.2 Å². The molecule has 0 saturated carbocycles. The van der Waals surface area contributed by atoms with E-state index in [1.165, 1.54) is 18.2 Å². The average molecular weight is 402 g/mol. The van der Waals surface area contributed by atoms with Crippen LogP contribution in [0.3, 0.4) is 0 Å². The van der Waals surface area contributed by atoms with Gasteiger partial charge >= 0.3 is 0 Å². The van der Waals surface area contributed by atoms with Crippen molar-refractivity contribution in [1.82, 2.24) is 14.4 Å². The molecule has 0 spiro atoms. The number of sulfonamides is 1. The number of nitrogens with zero attached hydrogens (tertiary/aromatic N) is 4. The largest absolute Gasteiger partial charge is 0.338 e. The molecule has 0 saturated heterocycles. The van der Waals surface area contributed by atoms with E-state index in [1.54, 1.807) is 6.92 Å². The van der Waals surface area contributed by atoms with E-state index in [9.17, 15) is 18.5 Å². The number of hydrogen-bond acceptors (Lipinski definition) is 7. The minimum atomic E-state index is -3.97. The summed E-state index contributed by atoms with van der Waals surface area (Å²) in [6.45, 7) is 3.59. The van der Waals surface area contributed by atoms with Gasteiger partial charge in [0.25, 0.3) is 5.69 Å². The maximum Gasteiger partial charge on any atom is 0.270 e. The maximum atomic E-state index is 12.9. The molecule has 0 amide bonds. The molecule has 1 aromatic heterocycles. The highest BCUT2D eigenvalue weighted by Crippen LogP contribution is 2.23. The zero-order valence-electron chi connectivity index (χ0n) is 15.3. The van der Waals surface area contributed by atoms with Gasteiger partial charge in [0, 0.05) is 24.2 Å². The molecule has 0 atom stereocenters. The quantitative estimate of drug-likeness (QED) is 0.440. The fourth-order valence-electron chi connectivity index (χ4n) is 2.64. The first-order valence-electron chi connectivity index (χ1n) is 8.45. The van der Waals surface area contributed by atoms with Crippen molar-refractivity contribution >= 4 is 15.7 Å². The molecule has 2 aromatic carbocycles. The van der Waals surface area contributed by atoms with Crippen LogP contribution in [-0.2, 0) is 16.6 Å². The van der Waals surface area contributed by atoms with Gasteiger partial charge in [0.15, 0.2) is 0 Å². The Kier molecular flexibility index (Phi) is 5.52. The molecule has 0 radical (unpaired) electrons. The Morgan fingerprint density at radius 2 is 1.93 bits per heavy atom. The fourth-order valence-corrected chi connectivity index (χ4v) is 4.08. The standard InChI is InChI=1S/C18H18N4O5S/c1-3-21(28(25,26)16-9-5-8-15(11-16)22(23)24)12-17-19-18(20-27-17)14-7-4-6-13(2)10-14/h4-11H,3,12H2,1-2H3. The Balaban J connectivity index is 1.86. The molecule has 3 rings (SSSR count). The zero-order valence-corrected chi connectivity index (χ0v) is 16.1. The highest BCUT2D eigenvalue weighted by atomic mass is 32.2. The van der Waals surface area contributed by atoms with E-state index in [2.05, 4.69) is 10.1 Å². The van der Waals surface area contributed by atoms with Gasteiger partial charge in [0.05, 0.1) is 16.4 Å². The summed E-state index contributed by atoms with van der Waals surface area (Å²) in [5.41, 5.74) is 1.50. The second-order valence-corrected chi connectivity index (χ2v) is 8.00. The Morgan fingerprint density at radius 3 is 2.61 bits per heavy atom. The lowest BCUT2D eigenvalue weighted by Crippen LogP contribution is -2.30. The molecule has 0 aliphatic carbocycles. The van der Waals surface area contributed by atoms with E-state index in [0.29, 0.717) is 5.82 Å². The summed E-state index contributed by atoms with van der Waals surface area (Å²) in [7, 11) is -3.97. The molecule has 146 valence electrons. The first-order chi connectivity index (χ1) is 13.3. The molecule has 0 aliphatic heterocycles. The van der Waals surface area contributed by atoms with E-state index in [0.717, 1.165) is 21.5 Å². The number of benzene rings is 2. The second-order valence-electron chi connectivity index (χ2n) is 6.07. The molecule has 0 aliphatic rings. The fraction of sp³-hybridized carbons (Fsp3) is 0.222. The third kappa shape index (κ3) is 4.07. The first-order valence-corrected chi connectivity index (χ1v) is 9.89. The van der Waals surface area contributed by atoms with Crippen LogP contribution in [0.1, 0.15) is 18.4 Å². The molecule has 28 heavy (non-hydrogen) atoms. The van der Waals surface area contributed by atoms with Crippen molar-refractivity contribution < 1.29 is 17.9 Å². The van der Waals surface area contributed by atoms with Gasteiger partial charge in [0.1, 0.15) is 0 Å². The van der Waals surface area contributed by atoms with Crippen molar-refractivity contribution in [1.29, 1.82) is 0 Å². The van der Waals surface area contributed by atoms with Crippen molar-refractivity contribution in [3.8, 4) is 11.4 Å². The Bertz CT molecular complexity index is 1110. The van der Waals surface area contributed by atoms with Gasteiger partial charge in [-0.25, -0.2) is 8.42 Å². The molecule has 1 heterocycles. The maximum absolute atomic E-state index is 12.9. The van der Waals surface area contributed by atoms with Crippen LogP contribution in [0.5, 0.6) is 0 Å². The number of aryl methyl sites for hydroxylation is 1. The van der Waals surface area contributed by atoms with Crippen molar-refractivity contribution in [2.24, 2.45) is 0 Å². The summed E-state index contributed by atoms with van der Waals surface area (Å²) < 4.78 is 32.1. The number of aromatic nitrogens is 2. The van der Waals surface area contributed by atoms with Gasteiger partial charge in [0.2, 0.25) is 21.7 Å². The van der Waals surface area contributed by atoms with Crippen LogP contribution in [0, 0.1) is 17.0 Å². The third-order valence-electron chi connectivity index (χ3n) is 4.07. The summed E-state index contributed by atoms with van der Waals surface area (Å²) in [6, 6.07) is 12.5. The van der Waals surface area contributed by atoms with Gasteiger partial charge < -0.3 is 4.52 Å². The van der Waals surface area contributed by atoms with Crippen LogP contribution >= 0.6 is 0 Å². The highest BCUT2D eigenvalue weighted by Gasteiger charge is 2.27. The molecule has 0 fully saturated rings. The average Bonchev–Trinajstić information content (AvgIpc) is 3.15. The van der Waals surface area contributed by atoms with Crippen LogP contribution in [0.2, 0.25) is 0 Å². The summed E-state index contributed by atoms with van der Waals surface area (Å²) in [4.78, 5) is 14.4. The molecule has 0 bridgehead atoms. The predicted octanol–water partition coefficient (Wildman–Crippen LogP) is 3.16. The molecule has 9 nitrogen and oxygen atoms in total. The lowest BCUT2D eigenvalue weighted by atomic mass is 10.1. The van der Waals surface area contributed by atoms with E-state index in [-0.39, 0.29) is 29.6 Å². The number of hydrogen-bond donors (Lipinski definition) is 0.